The van der Waals surface area contributed by atoms with Crippen molar-refractivity contribution in [2.45, 2.75) is 44.6 Å². The van der Waals surface area contributed by atoms with E-state index in [1.54, 1.807) is 33.5 Å². The van der Waals surface area contributed by atoms with Crippen LogP contribution in [0.4, 0.5) is 0 Å². The van der Waals surface area contributed by atoms with E-state index in [2.05, 4.69) is 16.9 Å². The average molecular weight is 426 g/mol. The number of nitrogens with zero attached hydrogens (tertiary/aromatic N) is 1. The van der Waals surface area contributed by atoms with Gasteiger partial charge in [0, 0.05) is 29.7 Å². The number of carbonyl (C=O) groups excluding carboxylic acids is 1. The minimum Gasteiger partial charge on any atom is -0.501 e. The maximum Gasteiger partial charge on any atom is 0.251 e. The summed E-state index contributed by atoms with van der Waals surface area (Å²) in [6, 6.07) is 5.89. The highest BCUT2D eigenvalue weighted by Crippen LogP contribution is 2.33. The SMILES string of the molecule is C=C(/C=C(\C=C(/C)OC)OC)C(=O)NC1CCC[C@H](c2nc3ccc(OC)cc3[nH]2)C1. The van der Waals surface area contributed by atoms with E-state index >= 15 is 0 Å². The highest BCUT2D eigenvalue weighted by atomic mass is 16.5. The third kappa shape index (κ3) is 5.69. The molecule has 1 fully saturated rings. The van der Waals surface area contributed by atoms with Gasteiger partial charge >= 0.3 is 0 Å². The van der Waals surface area contributed by atoms with Gasteiger partial charge in [0.15, 0.2) is 0 Å². The van der Waals surface area contributed by atoms with Crippen LogP contribution in [-0.4, -0.2) is 43.2 Å². The highest BCUT2D eigenvalue weighted by molar-refractivity contribution is 5.95. The summed E-state index contributed by atoms with van der Waals surface area (Å²) in [6.45, 7) is 5.71. The summed E-state index contributed by atoms with van der Waals surface area (Å²) < 4.78 is 15.7. The van der Waals surface area contributed by atoms with Crippen LogP contribution in [0.25, 0.3) is 11.0 Å². The molecule has 2 aromatic rings. The number of hydrogen-bond donors (Lipinski definition) is 2. The number of aromatic amines is 1. The van der Waals surface area contributed by atoms with Crippen molar-refractivity contribution in [2.24, 2.45) is 0 Å². The Morgan fingerprint density at radius 3 is 2.74 bits per heavy atom. The van der Waals surface area contributed by atoms with Gasteiger partial charge in [-0.25, -0.2) is 4.98 Å². The molecule has 0 aliphatic heterocycles. The molecule has 31 heavy (non-hydrogen) atoms. The standard InChI is InChI=1S/C24H31N3O4/c1-15(11-20(31-5)12-16(2)29-3)24(28)25-18-8-6-7-17(13-18)23-26-21-10-9-19(30-4)14-22(21)27-23/h9-12,14,17-18H,1,6-8,13H2,2-5H3,(H,25,28)(H,26,27)/b16-12+,20-11+/t17-,18?/m0/s1. The average Bonchev–Trinajstić information content (AvgIpc) is 3.21. The number of imidazole rings is 1. The molecule has 3 rings (SSSR count). The predicted molar refractivity (Wildman–Crippen MR) is 121 cm³/mol. The minimum absolute atomic E-state index is 0.0707. The molecule has 1 saturated carbocycles. The first-order valence-corrected chi connectivity index (χ1v) is 10.4. The van der Waals surface area contributed by atoms with Crippen molar-refractivity contribution in [2.75, 3.05) is 21.3 Å². The Morgan fingerprint density at radius 2 is 2.03 bits per heavy atom. The number of aromatic nitrogens is 2. The van der Waals surface area contributed by atoms with Gasteiger partial charge in [0.05, 0.1) is 38.1 Å². The number of allylic oxidation sites excluding steroid dienone is 2. The number of carbonyl (C=O) groups is 1. The van der Waals surface area contributed by atoms with E-state index in [0.717, 1.165) is 48.3 Å². The molecule has 1 heterocycles. The third-order valence-electron chi connectivity index (χ3n) is 5.61. The molecule has 7 nitrogen and oxygen atoms in total. The van der Waals surface area contributed by atoms with E-state index in [0.29, 0.717) is 17.1 Å². The van der Waals surface area contributed by atoms with Crippen molar-refractivity contribution in [1.82, 2.24) is 15.3 Å². The van der Waals surface area contributed by atoms with Gasteiger partial charge < -0.3 is 24.5 Å². The van der Waals surface area contributed by atoms with Crippen LogP contribution in [0.1, 0.15) is 44.3 Å². The zero-order chi connectivity index (χ0) is 22.4. The fourth-order valence-electron chi connectivity index (χ4n) is 3.83. The lowest BCUT2D eigenvalue weighted by Gasteiger charge is -2.28. The largest absolute Gasteiger partial charge is 0.501 e. The van der Waals surface area contributed by atoms with Crippen molar-refractivity contribution in [3.63, 3.8) is 0 Å². The summed E-state index contributed by atoms with van der Waals surface area (Å²) in [6.07, 6.45) is 7.17. The molecule has 0 spiro atoms. The topological polar surface area (TPSA) is 85.5 Å². The number of amides is 1. The Kier molecular flexibility index (Phi) is 7.39. The summed E-state index contributed by atoms with van der Waals surface area (Å²) in [7, 11) is 4.78. The normalized spacial score (nSPS) is 19.7. The quantitative estimate of drug-likeness (QED) is 0.373. The fourth-order valence-corrected chi connectivity index (χ4v) is 3.83. The molecule has 7 heteroatoms. The van der Waals surface area contributed by atoms with Crippen LogP contribution >= 0.6 is 0 Å². The van der Waals surface area contributed by atoms with Crippen molar-refractivity contribution in [3.8, 4) is 5.75 Å². The third-order valence-corrected chi connectivity index (χ3v) is 5.61. The molecule has 1 aromatic carbocycles. The van der Waals surface area contributed by atoms with Crippen molar-refractivity contribution in [1.29, 1.82) is 0 Å². The van der Waals surface area contributed by atoms with E-state index in [1.165, 1.54) is 0 Å². The first-order valence-electron chi connectivity index (χ1n) is 10.4. The Hall–Kier alpha value is -3.22. The lowest BCUT2D eigenvalue weighted by Crippen LogP contribution is -2.38. The molecule has 2 atom stereocenters. The van der Waals surface area contributed by atoms with Gasteiger partial charge in [-0.05, 0) is 44.4 Å². The first kappa shape index (κ1) is 22.5. The number of rotatable bonds is 8. The Bertz CT molecular complexity index is 1010. The molecule has 1 aliphatic carbocycles. The molecule has 2 N–H and O–H groups in total. The van der Waals surface area contributed by atoms with Gasteiger partial charge in [-0.15, -0.1) is 0 Å². The second-order valence-corrected chi connectivity index (χ2v) is 7.77. The zero-order valence-electron chi connectivity index (χ0n) is 18.7. The van der Waals surface area contributed by atoms with E-state index in [4.69, 9.17) is 19.2 Å². The van der Waals surface area contributed by atoms with Gasteiger partial charge in [-0.2, -0.15) is 0 Å². The van der Waals surface area contributed by atoms with Crippen LogP contribution < -0.4 is 10.1 Å². The molecular weight excluding hydrogens is 394 g/mol. The highest BCUT2D eigenvalue weighted by Gasteiger charge is 2.27. The number of H-pyrrole nitrogens is 1. The van der Waals surface area contributed by atoms with Crippen LogP contribution in [-0.2, 0) is 14.3 Å². The molecule has 0 bridgehead atoms. The summed E-state index contributed by atoms with van der Waals surface area (Å²) in [5.41, 5.74) is 2.23. The van der Waals surface area contributed by atoms with Gasteiger partial charge in [0.2, 0.25) is 0 Å². The summed E-state index contributed by atoms with van der Waals surface area (Å²) >= 11 is 0. The second-order valence-electron chi connectivity index (χ2n) is 7.77. The molecular formula is C24H31N3O4. The van der Waals surface area contributed by atoms with Crippen molar-refractivity contribution >= 4 is 16.9 Å². The van der Waals surface area contributed by atoms with Gasteiger partial charge in [0.1, 0.15) is 17.3 Å². The number of fused-ring (bicyclic) bond motifs is 1. The van der Waals surface area contributed by atoms with Crippen LogP contribution in [0.2, 0.25) is 0 Å². The predicted octanol–water partition coefficient (Wildman–Crippen LogP) is 4.35. The molecule has 0 radical (unpaired) electrons. The van der Waals surface area contributed by atoms with Crippen LogP contribution in [0.3, 0.4) is 0 Å². The number of methoxy groups -OCH3 is 3. The maximum atomic E-state index is 12.7. The van der Waals surface area contributed by atoms with Crippen molar-refractivity contribution < 1.29 is 19.0 Å². The Balaban J connectivity index is 1.65. The van der Waals surface area contributed by atoms with Gasteiger partial charge in [0.25, 0.3) is 5.91 Å². The smallest absolute Gasteiger partial charge is 0.251 e. The molecule has 1 aliphatic rings. The zero-order valence-corrected chi connectivity index (χ0v) is 18.7. The number of benzene rings is 1. The number of nitrogens with one attached hydrogen (secondary N) is 2. The van der Waals surface area contributed by atoms with Gasteiger partial charge in [-0.3, -0.25) is 4.79 Å². The Morgan fingerprint density at radius 1 is 1.23 bits per heavy atom. The molecule has 166 valence electrons. The van der Waals surface area contributed by atoms with E-state index in [9.17, 15) is 4.79 Å². The number of hydrogen-bond acceptors (Lipinski definition) is 5. The fraction of sp³-hybridized carbons (Fsp3) is 0.417. The summed E-state index contributed by atoms with van der Waals surface area (Å²) in [5.74, 6) is 3.02. The second kappa shape index (κ2) is 10.2. The van der Waals surface area contributed by atoms with E-state index < -0.39 is 0 Å². The first-order chi connectivity index (χ1) is 14.9. The van der Waals surface area contributed by atoms with E-state index in [1.807, 2.05) is 25.1 Å². The van der Waals surface area contributed by atoms with Crippen LogP contribution in [0, 0.1) is 0 Å². The monoisotopic (exact) mass is 425 g/mol. The number of ether oxygens (including phenoxy) is 3. The Labute approximate surface area is 183 Å². The van der Waals surface area contributed by atoms with E-state index in [-0.39, 0.29) is 17.9 Å². The summed E-state index contributed by atoms with van der Waals surface area (Å²) in [4.78, 5) is 20.9. The van der Waals surface area contributed by atoms with Crippen LogP contribution in [0.15, 0.2) is 54.0 Å². The molecule has 1 amide bonds. The lowest BCUT2D eigenvalue weighted by atomic mass is 9.85. The molecule has 0 saturated heterocycles. The molecule has 1 unspecified atom stereocenters. The van der Waals surface area contributed by atoms with Crippen LogP contribution in [0.5, 0.6) is 5.75 Å². The lowest BCUT2D eigenvalue weighted by molar-refractivity contribution is -0.118. The maximum absolute atomic E-state index is 12.7. The molecule has 1 aromatic heterocycles. The van der Waals surface area contributed by atoms with Gasteiger partial charge in [-0.1, -0.05) is 13.0 Å². The summed E-state index contributed by atoms with van der Waals surface area (Å²) in [5, 5.41) is 3.11. The van der Waals surface area contributed by atoms with Crippen molar-refractivity contribution in [3.05, 3.63) is 59.8 Å². The minimum atomic E-state index is -0.196.